The van der Waals surface area contributed by atoms with E-state index in [-0.39, 0.29) is 12.1 Å². The van der Waals surface area contributed by atoms with Gasteiger partial charge in [-0.15, -0.1) is 0 Å². The van der Waals surface area contributed by atoms with Crippen LogP contribution in [0.25, 0.3) is 0 Å². The molecule has 1 aromatic heterocycles. The van der Waals surface area contributed by atoms with Gasteiger partial charge >= 0.3 is 6.18 Å². The molecule has 0 radical (unpaired) electrons. The standard InChI is InChI=1S/C8H4ClF3N2/c9-7-3-5(1-2-13)14-4-6(7)8(10,11)12/h3-4H,1H2. The predicted octanol–water partition coefficient (Wildman–Crippen LogP) is 2.82. The molecule has 0 fully saturated rings. The minimum absolute atomic E-state index is 0.0577. The van der Waals surface area contributed by atoms with Crippen LogP contribution in [0.15, 0.2) is 12.3 Å². The van der Waals surface area contributed by atoms with Crippen molar-refractivity contribution in [2.24, 2.45) is 0 Å². The van der Waals surface area contributed by atoms with Crippen LogP contribution in [-0.2, 0) is 12.6 Å². The molecule has 0 spiro atoms. The van der Waals surface area contributed by atoms with Gasteiger partial charge in [0.1, 0.15) is 0 Å². The number of nitriles is 1. The number of nitrogens with zero attached hydrogens (tertiary/aromatic N) is 2. The van der Waals surface area contributed by atoms with Crippen molar-refractivity contribution in [1.82, 2.24) is 4.98 Å². The largest absolute Gasteiger partial charge is 0.419 e. The first kappa shape index (κ1) is 10.8. The third-order valence-electron chi connectivity index (χ3n) is 1.48. The molecule has 6 heteroatoms. The molecular formula is C8H4ClF3N2. The van der Waals surface area contributed by atoms with Crippen LogP contribution in [0.3, 0.4) is 0 Å². The fourth-order valence-electron chi connectivity index (χ4n) is 0.857. The molecule has 0 N–H and O–H groups in total. The van der Waals surface area contributed by atoms with Crippen LogP contribution in [0.1, 0.15) is 11.3 Å². The zero-order chi connectivity index (χ0) is 10.8. The molecule has 1 heterocycles. The number of halogens is 4. The van der Waals surface area contributed by atoms with E-state index in [9.17, 15) is 13.2 Å². The Morgan fingerprint density at radius 1 is 1.50 bits per heavy atom. The fourth-order valence-corrected chi connectivity index (χ4v) is 1.14. The van der Waals surface area contributed by atoms with E-state index in [2.05, 4.69) is 4.98 Å². The van der Waals surface area contributed by atoms with Crippen LogP contribution in [0.2, 0.25) is 5.02 Å². The molecule has 0 aliphatic carbocycles. The lowest BCUT2D eigenvalue weighted by Crippen LogP contribution is -2.07. The van der Waals surface area contributed by atoms with Gasteiger partial charge in [-0.2, -0.15) is 18.4 Å². The Morgan fingerprint density at radius 2 is 2.14 bits per heavy atom. The average Bonchev–Trinajstić information content (AvgIpc) is 2.02. The molecule has 0 aliphatic rings. The summed E-state index contributed by atoms with van der Waals surface area (Å²) in [6.45, 7) is 0. The summed E-state index contributed by atoms with van der Waals surface area (Å²) in [7, 11) is 0. The lowest BCUT2D eigenvalue weighted by molar-refractivity contribution is -0.137. The number of rotatable bonds is 1. The molecule has 0 aromatic carbocycles. The molecule has 0 atom stereocenters. The van der Waals surface area contributed by atoms with E-state index in [1.165, 1.54) is 0 Å². The van der Waals surface area contributed by atoms with Crippen molar-refractivity contribution in [1.29, 1.82) is 5.26 Å². The Hall–Kier alpha value is -1.28. The Labute approximate surface area is 82.9 Å². The summed E-state index contributed by atoms with van der Waals surface area (Å²) in [6, 6.07) is 2.82. The lowest BCUT2D eigenvalue weighted by atomic mass is 10.2. The minimum atomic E-state index is -4.50. The van der Waals surface area contributed by atoms with Gasteiger partial charge in [0.2, 0.25) is 0 Å². The van der Waals surface area contributed by atoms with Crippen LogP contribution in [0.5, 0.6) is 0 Å². The smallest absolute Gasteiger partial charge is 0.259 e. The summed E-state index contributed by atoms with van der Waals surface area (Å²) >= 11 is 5.38. The van der Waals surface area contributed by atoms with E-state index < -0.39 is 16.8 Å². The first-order chi connectivity index (χ1) is 6.45. The molecule has 0 bridgehead atoms. The molecule has 0 aliphatic heterocycles. The van der Waals surface area contributed by atoms with Crippen LogP contribution in [-0.4, -0.2) is 4.98 Å². The van der Waals surface area contributed by atoms with Crippen molar-refractivity contribution >= 4 is 11.6 Å². The minimum Gasteiger partial charge on any atom is -0.259 e. The van der Waals surface area contributed by atoms with Crippen molar-refractivity contribution in [3.05, 3.63) is 28.5 Å². The zero-order valence-electron chi connectivity index (χ0n) is 6.77. The van der Waals surface area contributed by atoms with Crippen LogP contribution in [0, 0.1) is 11.3 Å². The Balaban J connectivity index is 3.09. The van der Waals surface area contributed by atoms with Crippen LogP contribution >= 0.6 is 11.6 Å². The number of hydrogen-bond acceptors (Lipinski definition) is 2. The molecule has 2 nitrogen and oxygen atoms in total. The molecule has 0 amide bonds. The lowest BCUT2D eigenvalue weighted by Gasteiger charge is -2.08. The van der Waals surface area contributed by atoms with E-state index in [0.29, 0.717) is 6.20 Å². The van der Waals surface area contributed by atoms with E-state index >= 15 is 0 Å². The topological polar surface area (TPSA) is 36.7 Å². The van der Waals surface area contributed by atoms with Gasteiger partial charge in [-0.1, -0.05) is 11.6 Å². The van der Waals surface area contributed by atoms with Gasteiger partial charge in [-0.05, 0) is 6.07 Å². The molecule has 1 rings (SSSR count). The van der Waals surface area contributed by atoms with Gasteiger partial charge < -0.3 is 0 Å². The third kappa shape index (κ3) is 2.36. The number of pyridine rings is 1. The summed E-state index contributed by atoms with van der Waals surface area (Å²) in [4.78, 5) is 3.47. The highest BCUT2D eigenvalue weighted by Crippen LogP contribution is 2.34. The van der Waals surface area contributed by atoms with E-state index in [0.717, 1.165) is 6.07 Å². The van der Waals surface area contributed by atoms with Gasteiger partial charge in [0.05, 0.1) is 28.8 Å². The Bertz CT molecular complexity index is 381. The zero-order valence-corrected chi connectivity index (χ0v) is 7.52. The third-order valence-corrected chi connectivity index (χ3v) is 1.79. The normalized spacial score (nSPS) is 11.1. The second kappa shape index (κ2) is 3.84. The molecule has 0 saturated heterocycles. The van der Waals surface area contributed by atoms with Gasteiger partial charge in [-0.3, -0.25) is 4.98 Å². The first-order valence-electron chi connectivity index (χ1n) is 3.53. The van der Waals surface area contributed by atoms with Gasteiger partial charge in [0.25, 0.3) is 0 Å². The number of aromatic nitrogens is 1. The molecular weight excluding hydrogens is 217 g/mol. The summed E-state index contributed by atoms with van der Waals surface area (Å²) in [5.41, 5.74) is -0.758. The highest BCUT2D eigenvalue weighted by Gasteiger charge is 2.33. The maximum absolute atomic E-state index is 12.2. The second-order valence-corrected chi connectivity index (χ2v) is 2.90. The van der Waals surface area contributed by atoms with Crippen molar-refractivity contribution in [3.63, 3.8) is 0 Å². The second-order valence-electron chi connectivity index (χ2n) is 2.49. The van der Waals surface area contributed by atoms with E-state index in [4.69, 9.17) is 16.9 Å². The summed E-state index contributed by atoms with van der Waals surface area (Å²) < 4.78 is 36.5. The SMILES string of the molecule is N#CCc1cc(Cl)c(C(F)(F)F)cn1. The highest BCUT2D eigenvalue weighted by molar-refractivity contribution is 6.31. The van der Waals surface area contributed by atoms with Crippen molar-refractivity contribution < 1.29 is 13.2 Å². The quantitative estimate of drug-likeness (QED) is 0.730. The summed E-state index contributed by atoms with van der Waals surface area (Å²) in [6.07, 6.45) is -3.93. The Kier molecular flexibility index (Phi) is 2.96. The first-order valence-corrected chi connectivity index (χ1v) is 3.91. The summed E-state index contributed by atoms with van der Waals surface area (Å²) in [5.74, 6) is 0. The van der Waals surface area contributed by atoms with E-state index in [1.807, 2.05) is 0 Å². The average molecular weight is 221 g/mol. The maximum atomic E-state index is 12.2. The molecule has 14 heavy (non-hydrogen) atoms. The fraction of sp³-hybridized carbons (Fsp3) is 0.250. The van der Waals surface area contributed by atoms with Gasteiger partial charge in [-0.25, -0.2) is 0 Å². The van der Waals surface area contributed by atoms with Crippen molar-refractivity contribution in [3.8, 4) is 6.07 Å². The number of alkyl halides is 3. The van der Waals surface area contributed by atoms with Gasteiger partial charge in [0, 0.05) is 6.20 Å². The molecule has 0 saturated carbocycles. The molecule has 1 aromatic rings. The number of hydrogen-bond donors (Lipinski definition) is 0. The van der Waals surface area contributed by atoms with Crippen molar-refractivity contribution in [2.75, 3.05) is 0 Å². The Morgan fingerprint density at radius 3 is 2.57 bits per heavy atom. The maximum Gasteiger partial charge on any atom is 0.419 e. The van der Waals surface area contributed by atoms with Crippen LogP contribution in [0.4, 0.5) is 13.2 Å². The summed E-state index contributed by atoms with van der Waals surface area (Å²) in [5, 5.41) is 7.85. The van der Waals surface area contributed by atoms with Crippen LogP contribution < -0.4 is 0 Å². The van der Waals surface area contributed by atoms with Gasteiger partial charge in [0.15, 0.2) is 0 Å². The highest BCUT2D eigenvalue weighted by atomic mass is 35.5. The van der Waals surface area contributed by atoms with E-state index in [1.54, 1.807) is 6.07 Å². The monoisotopic (exact) mass is 220 g/mol. The molecule has 0 unspecified atom stereocenters. The predicted molar refractivity (Wildman–Crippen MR) is 43.6 cm³/mol. The van der Waals surface area contributed by atoms with Crippen molar-refractivity contribution in [2.45, 2.75) is 12.6 Å². The molecule has 74 valence electrons.